The molecule has 3 heteroatoms. The minimum atomic E-state index is -0.0217. The van der Waals surface area contributed by atoms with Gasteiger partial charge in [-0.3, -0.25) is 0 Å². The topological polar surface area (TPSA) is 29.5 Å². The zero-order chi connectivity index (χ0) is 8.97. The minimum absolute atomic E-state index is 0.0217. The summed E-state index contributed by atoms with van der Waals surface area (Å²) in [5.41, 5.74) is 1.76. The normalized spacial score (nSPS) is 10.2. The number of methoxy groups -OCH3 is 1. The summed E-state index contributed by atoms with van der Waals surface area (Å²) in [4.78, 5) is 0. The van der Waals surface area contributed by atoms with Gasteiger partial charge in [0.2, 0.25) is 0 Å². The first-order valence-corrected chi connectivity index (χ1v) is 4.03. The van der Waals surface area contributed by atoms with Crippen LogP contribution >= 0.6 is 11.6 Å². The van der Waals surface area contributed by atoms with E-state index >= 15 is 0 Å². The van der Waals surface area contributed by atoms with Gasteiger partial charge >= 0.3 is 0 Å². The molecule has 1 N–H and O–H groups in total. The van der Waals surface area contributed by atoms with Crippen LogP contribution in [0.2, 0.25) is 5.02 Å². The van der Waals surface area contributed by atoms with E-state index in [1.165, 1.54) is 0 Å². The van der Waals surface area contributed by atoms with Crippen LogP contribution in [0.5, 0.6) is 0 Å². The molecule has 66 valence electrons. The molecule has 0 atom stereocenters. The minimum Gasteiger partial charge on any atom is -0.392 e. The highest BCUT2D eigenvalue weighted by Gasteiger charge is 1.99. The van der Waals surface area contributed by atoms with Crippen molar-refractivity contribution in [3.63, 3.8) is 0 Å². The second-order valence-electron chi connectivity index (χ2n) is 2.52. The number of aliphatic hydroxyl groups excluding tert-OH is 1. The van der Waals surface area contributed by atoms with Crippen molar-refractivity contribution in [2.24, 2.45) is 0 Å². The van der Waals surface area contributed by atoms with Crippen molar-refractivity contribution in [2.75, 3.05) is 7.11 Å². The van der Waals surface area contributed by atoms with Crippen LogP contribution in [0, 0.1) is 0 Å². The van der Waals surface area contributed by atoms with Crippen LogP contribution in [-0.4, -0.2) is 12.2 Å². The van der Waals surface area contributed by atoms with Crippen molar-refractivity contribution < 1.29 is 9.84 Å². The summed E-state index contributed by atoms with van der Waals surface area (Å²) in [6.45, 7) is 0.525. The number of benzene rings is 1. The zero-order valence-electron chi connectivity index (χ0n) is 6.88. The molecule has 12 heavy (non-hydrogen) atoms. The van der Waals surface area contributed by atoms with E-state index in [4.69, 9.17) is 21.4 Å². The maximum Gasteiger partial charge on any atom is 0.0713 e. The molecule has 0 amide bonds. The van der Waals surface area contributed by atoms with Gasteiger partial charge in [0.15, 0.2) is 0 Å². The fraction of sp³-hybridized carbons (Fsp3) is 0.333. The number of hydrogen-bond acceptors (Lipinski definition) is 2. The molecule has 1 rings (SSSR count). The molecule has 0 aliphatic heterocycles. The van der Waals surface area contributed by atoms with Crippen molar-refractivity contribution in [2.45, 2.75) is 13.2 Å². The average Bonchev–Trinajstić information content (AvgIpc) is 2.05. The van der Waals surface area contributed by atoms with Crippen molar-refractivity contribution in [3.05, 3.63) is 34.3 Å². The number of halogens is 1. The quantitative estimate of drug-likeness (QED) is 0.782. The van der Waals surface area contributed by atoms with E-state index in [0.29, 0.717) is 11.6 Å². The molecule has 0 bridgehead atoms. The van der Waals surface area contributed by atoms with Crippen LogP contribution < -0.4 is 0 Å². The van der Waals surface area contributed by atoms with Crippen LogP contribution in [0.3, 0.4) is 0 Å². The van der Waals surface area contributed by atoms with Gasteiger partial charge in [0, 0.05) is 12.1 Å². The molecule has 0 fully saturated rings. The Morgan fingerprint density at radius 2 is 2.25 bits per heavy atom. The van der Waals surface area contributed by atoms with Gasteiger partial charge in [0.05, 0.1) is 13.2 Å². The van der Waals surface area contributed by atoms with Crippen LogP contribution in [-0.2, 0) is 18.0 Å². The van der Waals surface area contributed by atoms with E-state index in [1.807, 2.05) is 6.07 Å². The largest absolute Gasteiger partial charge is 0.392 e. The van der Waals surface area contributed by atoms with Gasteiger partial charge in [-0.15, -0.1) is 0 Å². The second kappa shape index (κ2) is 4.45. The number of aliphatic hydroxyl groups is 1. The van der Waals surface area contributed by atoms with E-state index in [-0.39, 0.29) is 6.61 Å². The molecule has 0 saturated heterocycles. The van der Waals surface area contributed by atoms with Gasteiger partial charge < -0.3 is 9.84 Å². The third kappa shape index (κ3) is 2.21. The maximum atomic E-state index is 8.82. The lowest BCUT2D eigenvalue weighted by Crippen LogP contribution is -1.90. The summed E-state index contributed by atoms with van der Waals surface area (Å²) < 4.78 is 4.94. The number of rotatable bonds is 3. The molecular weight excluding hydrogens is 176 g/mol. The second-order valence-corrected chi connectivity index (χ2v) is 2.92. The predicted molar refractivity (Wildman–Crippen MR) is 48.1 cm³/mol. The molecular formula is C9H11ClO2. The van der Waals surface area contributed by atoms with E-state index in [9.17, 15) is 0 Å². The van der Waals surface area contributed by atoms with E-state index in [0.717, 1.165) is 11.1 Å². The molecule has 0 spiro atoms. The van der Waals surface area contributed by atoms with Gasteiger partial charge in [-0.1, -0.05) is 23.7 Å². The Morgan fingerprint density at radius 1 is 1.50 bits per heavy atom. The van der Waals surface area contributed by atoms with Crippen LogP contribution in [0.15, 0.2) is 18.2 Å². The third-order valence-corrected chi connectivity index (χ3v) is 1.95. The molecule has 0 radical (unpaired) electrons. The Hall–Kier alpha value is -0.570. The zero-order valence-corrected chi connectivity index (χ0v) is 7.64. The van der Waals surface area contributed by atoms with Crippen molar-refractivity contribution in [3.8, 4) is 0 Å². The van der Waals surface area contributed by atoms with E-state index in [2.05, 4.69) is 0 Å². The highest BCUT2D eigenvalue weighted by Crippen LogP contribution is 2.18. The molecule has 0 unspecified atom stereocenters. The van der Waals surface area contributed by atoms with Gasteiger partial charge in [0.25, 0.3) is 0 Å². The highest BCUT2D eigenvalue weighted by atomic mass is 35.5. The Morgan fingerprint density at radius 3 is 2.75 bits per heavy atom. The molecule has 0 aliphatic rings. The van der Waals surface area contributed by atoms with Gasteiger partial charge in [-0.05, 0) is 17.2 Å². The van der Waals surface area contributed by atoms with E-state index < -0.39 is 0 Å². The standard InChI is InChI=1S/C9H11ClO2/c1-12-6-7-2-3-8(5-11)9(10)4-7/h2-4,11H,5-6H2,1H3. The van der Waals surface area contributed by atoms with Crippen LogP contribution in [0.1, 0.15) is 11.1 Å². The molecule has 0 aliphatic carbocycles. The predicted octanol–water partition coefficient (Wildman–Crippen LogP) is 1.98. The summed E-state index contributed by atoms with van der Waals surface area (Å²) in [6.07, 6.45) is 0. The fourth-order valence-corrected chi connectivity index (χ4v) is 1.24. The van der Waals surface area contributed by atoms with Crippen molar-refractivity contribution in [1.29, 1.82) is 0 Å². The summed E-state index contributed by atoms with van der Waals surface area (Å²) >= 11 is 5.85. The van der Waals surface area contributed by atoms with Crippen molar-refractivity contribution >= 4 is 11.6 Å². The monoisotopic (exact) mass is 186 g/mol. The summed E-state index contributed by atoms with van der Waals surface area (Å²) in [5.74, 6) is 0. The Bertz CT molecular complexity index is 261. The average molecular weight is 187 g/mol. The molecule has 2 nitrogen and oxygen atoms in total. The van der Waals surface area contributed by atoms with Crippen LogP contribution in [0.4, 0.5) is 0 Å². The van der Waals surface area contributed by atoms with Gasteiger partial charge in [-0.2, -0.15) is 0 Å². The van der Waals surface area contributed by atoms with Gasteiger partial charge in [-0.25, -0.2) is 0 Å². The lowest BCUT2D eigenvalue weighted by Gasteiger charge is -2.03. The SMILES string of the molecule is COCc1ccc(CO)c(Cl)c1. The number of hydrogen-bond donors (Lipinski definition) is 1. The lowest BCUT2D eigenvalue weighted by atomic mass is 10.1. The van der Waals surface area contributed by atoms with E-state index in [1.54, 1.807) is 19.2 Å². The molecule has 1 aromatic carbocycles. The first kappa shape index (κ1) is 9.52. The summed E-state index contributed by atoms with van der Waals surface area (Å²) in [7, 11) is 1.63. The third-order valence-electron chi connectivity index (χ3n) is 1.60. The first-order valence-electron chi connectivity index (χ1n) is 3.65. The highest BCUT2D eigenvalue weighted by molar-refractivity contribution is 6.31. The Balaban J connectivity index is 2.86. The molecule has 0 saturated carbocycles. The summed E-state index contributed by atoms with van der Waals surface area (Å²) in [5, 5.41) is 9.41. The first-order chi connectivity index (χ1) is 5.77. The lowest BCUT2D eigenvalue weighted by molar-refractivity contribution is 0.185. The maximum absolute atomic E-state index is 8.82. The van der Waals surface area contributed by atoms with Crippen molar-refractivity contribution in [1.82, 2.24) is 0 Å². The number of ether oxygens (including phenoxy) is 1. The molecule has 0 aromatic heterocycles. The Labute approximate surface area is 76.7 Å². The van der Waals surface area contributed by atoms with Crippen LogP contribution in [0.25, 0.3) is 0 Å². The smallest absolute Gasteiger partial charge is 0.0713 e. The molecule has 0 heterocycles. The fourth-order valence-electron chi connectivity index (χ4n) is 0.975. The Kier molecular flexibility index (Phi) is 3.53. The van der Waals surface area contributed by atoms with Gasteiger partial charge in [0.1, 0.15) is 0 Å². The summed E-state index contributed by atoms with van der Waals surface area (Å²) in [6, 6.07) is 5.49. The molecule has 1 aromatic rings.